The van der Waals surface area contributed by atoms with Gasteiger partial charge in [-0.1, -0.05) is 0 Å². The summed E-state index contributed by atoms with van der Waals surface area (Å²) in [5.74, 6) is 0. The molecule has 1 aliphatic heterocycles. The molecule has 2 rings (SSSR count). The summed E-state index contributed by atoms with van der Waals surface area (Å²) in [5.41, 5.74) is 1.00. The first-order valence-electron chi connectivity index (χ1n) is 5.44. The van der Waals surface area contributed by atoms with Gasteiger partial charge in [0.05, 0.1) is 18.5 Å². The van der Waals surface area contributed by atoms with Crippen molar-refractivity contribution in [3.8, 4) is 0 Å². The summed E-state index contributed by atoms with van der Waals surface area (Å²) in [6, 6.07) is 3.74. The summed E-state index contributed by atoms with van der Waals surface area (Å²) in [7, 11) is -3.40. The summed E-state index contributed by atoms with van der Waals surface area (Å²) in [6.45, 7) is 0.507. The number of ether oxygens (including phenoxy) is 1. The molecule has 1 aromatic heterocycles. The molecule has 1 aliphatic rings. The molecule has 0 spiro atoms. The van der Waals surface area contributed by atoms with Gasteiger partial charge in [0, 0.05) is 25.4 Å². The topological polar surface area (TPSA) is 65.5 Å². The Morgan fingerprint density at radius 1 is 1.41 bits per heavy atom. The third-order valence-corrected chi connectivity index (χ3v) is 3.25. The SMILES string of the molecule is CS(=O)(=O)O[C@@H]1CCO[C@H](c2ccncc2)C1. The van der Waals surface area contributed by atoms with E-state index in [1.54, 1.807) is 12.4 Å². The lowest BCUT2D eigenvalue weighted by atomic mass is 10.0. The highest BCUT2D eigenvalue weighted by Gasteiger charge is 2.26. The molecule has 0 bridgehead atoms. The molecule has 0 unspecified atom stereocenters. The van der Waals surface area contributed by atoms with Crippen molar-refractivity contribution in [2.24, 2.45) is 0 Å². The molecule has 0 N–H and O–H groups in total. The Hall–Kier alpha value is -0.980. The van der Waals surface area contributed by atoms with Crippen LogP contribution in [0.2, 0.25) is 0 Å². The summed E-state index contributed by atoms with van der Waals surface area (Å²) >= 11 is 0. The van der Waals surface area contributed by atoms with E-state index in [1.807, 2.05) is 12.1 Å². The Balaban J connectivity index is 2.03. The normalized spacial score (nSPS) is 25.7. The van der Waals surface area contributed by atoms with Crippen molar-refractivity contribution in [1.29, 1.82) is 0 Å². The summed E-state index contributed by atoms with van der Waals surface area (Å²) in [6.07, 6.45) is 5.21. The highest BCUT2D eigenvalue weighted by atomic mass is 32.2. The summed E-state index contributed by atoms with van der Waals surface area (Å²) in [4.78, 5) is 3.94. The molecule has 0 aromatic carbocycles. The van der Waals surface area contributed by atoms with Gasteiger partial charge in [0.1, 0.15) is 0 Å². The standard InChI is InChI=1S/C11H15NO4S/c1-17(13,14)16-10-4-7-15-11(8-10)9-2-5-12-6-3-9/h2-3,5-6,10-11H,4,7-8H2,1H3/t10-,11+/m1/s1. The molecule has 0 amide bonds. The van der Waals surface area contributed by atoms with Crippen LogP contribution >= 0.6 is 0 Å². The van der Waals surface area contributed by atoms with E-state index in [0.29, 0.717) is 19.4 Å². The quantitative estimate of drug-likeness (QED) is 0.763. The minimum atomic E-state index is -3.40. The second-order valence-corrected chi connectivity index (χ2v) is 5.69. The zero-order valence-corrected chi connectivity index (χ0v) is 10.4. The number of nitrogens with zero attached hydrogens (tertiary/aromatic N) is 1. The zero-order chi connectivity index (χ0) is 12.3. The van der Waals surface area contributed by atoms with Crippen molar-refractivity contribution in [3.63, 3.8) is 0 Å². The second-order valence-electron chi connectivity index (χ2n) is 4.09. The maximum Gasteiger partial charge on any atom is 0.264 e. The van der Waals surface area contributed by atoms with Crippen LogP contribution in [-0.4, -0.2) is 32.4 Å². The average molecular weight is 257 g/mol. The van der Waals surface area contributed by atoms with Crippen molar-refractivity contribution in [2.45, 2.75) is 25.0 Å². The van der Waals surface area contributed by atoms with Crippen molar-refractivity contribution < 1.29 is 17.3 Å². The van der Waals surface area contributed by atoms with Gasteiger partial charge in [-0.15, -0.1) is 0 Å². The Kier molecular flexibility index (Phi) is 3.76. The van der Waals surface area contributed by atoms with Gasteiger partial charge >= 0.3 is 0 Å². The van der Waals surface area contributed by atoms with Gasteiger partial charge in [-0.25, -0.2) is 0 Å². The third kappa shape index (κ3) is 3.76. The molecule has 2 atom stereocenters. The van der Waals surface area contributed by atoms with Crippen LogP contribution in [0.5, 0.6) is 0 Å². The minimum Gasteiger partial charge on any atom is -0.373 e. The average Bonchev–Trinajstić information content (AvgIpc) is 2.28. The molecule has 1 saturated heterocycles. The van der Waals surface area contributed by atoms with Crippen molar-refractivity contribution >= 4 is 10.1 Å². The monoisotopic (exact) mass is 257 g/mol. The van der Waals surface area contributed by atoms with Crippen LogP contribution in [0.15, 0.2) is 24.5 Å². The van der Waals surface area contributed by atoms with E-state index in [0.717, 1.165) is 11.8 Å². The van der Waals surface area contributed by atoms with Crippen LogP contribution in [0.1, 0.15) is 24.5 Å². The molecule has 1 aromatic rings. The number of pyridine rings is 1. The molecule has 0 saturated carbocycles. The summed E-state index contributed by atoms with van der Waals surface area (Å²) < 4.78 is 32.8. The maximum absolute atomic E-state index is 11.1. The van der Waals surface area contributed by atoms with E-state index in [4.69, 9.17) is 8.92 Å². The molecule has 2 heterocycles. The number of rotatable bonds is 3. The van der Waals surface area contributed by atoms with Gasteiger partial charge in [-0.2, -0.15) is 8.42 Å². The molecule has 0 radical (unpaired) electrons. The smallest absolute Gasteiger partial charge is 0.264 e. The minimum absolute atomic E-state index is 0.113. The van der Waals surface area contributed by atoms with E-state index < -0.39 is 10.1 Å². The molecular formula is C11H15NO4S. The first-order chi connectivity index (χ1) is 8.04. The molecule has 0 aliphatic carbocycles. The third-order valence-electron chi connectivity index (χ3n) is 2.62. The van der Waals surface area contributed by atoms with Crippen LogP contribution < -0.4 is 0 Å². The fourth-order valence-electron chi connectivity index (χ4n) is 1.91. The van der Waals surface area contributed by atoms with Gasteiger partial charge in [-0.05, 0) is 24.1 Å². The van der Waals surface area contributed by atoms with Gasteiger partial charge < -0.3 is 4.74 Å². The molecule has 94 valence electrons. The zero-order valence-electron chi connectivity index (χ0n) is 9.57. The van der Waals surface area contributed by atoms with Crippen molar-refractivity contribution in [1.82, 2.24) is 4.98 Å². The number of aromatic nitrogens is 1. The lowest BCUT2D eigenvalue weighted by Gasteiger charge is -2.28. The largest absolute Gasteiger partial charge is 0.373 e. The van der Waals surface area contributed by atoms with E-state index >= 15 is 0 Å². The second kappa shape index (κ2) is 5.12. The Morgan fingerprint density at radius 2 is 2.12 bits per heavy atom. The molecule has 1 fully saturated rings. The van der Waals surface area contributed by atoms with Gasteiger partial charge in [-0.3, -0.25) is 9.17 Å². The maximum atomic E-state index is 11.1. The Labute approximate surface area is 101 Å². The number of hydrogen-bond acceptors (Lipinski definition) is 5. The van der Waals surface area contributed by atoms with E-state index in [1.165, 1.54) is 0 Å². The molecule has 6 heteroatoms. The van der Waals surface area contributed by atoms with Crippen LogP contribution in [0, 0.1) is 0 Å². The lowest BCUT2D eigenvalue weighted by molar-refractivity contribution is -0.0342. The first-order valence-corrected chi connectivity index (χ1v) is 7.26. The highest BCUT2D eigenvalue weighted by Crippen LogP contribution is 2.29. The fourth-order valence-corrected chi connectivity index (χ4v) is 2.58. The number of hydrogen-bond donors (Lipinski definition) is 0. The summed E-state index contributed by atoms with van der Waals surface area (Å²) in [5, 5.41) is 0. The first kappa shape index (κ1) is 12.5. The van der Waals surface area contributed by atoms with Crippen molar-refractivity contribution in [2.75, 3.05) is 12.9 Å². The predicted octanol–water partition coefficient (Wildman–Crippen LogP) is 1.28. The van der Waals surface area contributed by atoms with E-state index in [9.17, 15) is 8.42 Å². The van der Waals surface area contributed by atoms with E-state index in [-0.39, 0.29) is 12.2 Å². The van der Waals surface area contributed by atoms with Crippen molar-refractivity contribution in [3.05, 3.63) is 30.1 Å². The van der Waals surface area contributed by atoms with Crippen LogP contribution in [0.25, 0.3) is 0 Å². The molecule has 5 nitrogen and oxygen atoms in total. The van der Waals surface area contributed by atoms with Gasteiger partial charge in [0.25, 0.3) is 10.1 Å². The van der Waals surface area contributed by atoms with Gasteiger partial charge in [0.15, 0.2) is 0 Å². The van der Waals surface area contributed by atoms with E-state index in [2.05, 4.69) is 4.98 Å². The fraction of sp³-hybridized carbons (Fsp3) is 0.545. The van der Waals surface area contributed by atoms with Crippen LogP contribution in [0.4, 0.5) is 0 Å². The molecular weight excluding hydrogens is 242 g/mol. The Bertz CT molecular complexity index is 460. The van der Waals surface area contributed by atoms with Crippen LogP contribution in [0.3, 0.4) is 0 Å². The predicted molar refractivity (Wildman–Crippen MR) is 61.9 cm³/mol. The van der Waals surface area contributed by atoms with Crippen LogP contribution in [-0.2, 0) is 19.0 Å². The lowest BCUT2D eigenvalue weighted by Crippen LogP contribution is -2.28. The highest BCUT2D eigenvalue weighted by molar-refractivity contribution is 7.86. The molecule has 17 heavy (non-hydrogen) atoms. The van der Waals surface area contributed by atoms with Gasteiger partial charge in [0.2, 0.25) is 0 Å². The Morgan fingerprint density at radius 3 is 2.76 bits per heavy atom.